The van der Waals surface area contributed by atoms with Crippen molar-refractivity contribution in [3.63, 3.8) is 0 Å². The molecule has 0 heterocycles. The van der Waals surface area contributed by atoms with Crippen LogP contribution in [0, 0.1) is 0 Å². The first-order valence-corrected chi connectivity index (χ1v) is 4.25. The minimum atomic E-state index is -0.815. The van der Waals surface area contributed by atoms with Gasteiger partial charge in [0.05, 0.1) is 12.1 Å². The van der Waals surface area contributed by atoms with E-state index < -0.39 is 5.97 Å². The molecule has 0 unspecified atom stereocenters. The highest BCUT2D eigenvalue weighted by Crippen LogP contribution is 2.07. The van der Waals surface area contributed by atoms with Gasteiger partial charge in [0, 0.05) is 0 Å². The van der Waals surface area contributed by atoms with Gasteiger partial charge in [-0.25, -0.2) is 0 Å². The molecule has 1 N–H and O–H groups in total. The number of oxime groups is 1. The van der Waals surface area contributed by atoms with Crippen molar-refractivity contribution in [2.45, 2.75) is 46.1 Å². The standard InChI is InChI=1S/C9H17NO3/c1-7(5-6-8(11)12)10-13-9(2,3)4/h5-6H2,1-4H3,(H,11,12). The van der Waals surface area contributed by atoms with E-state index in [1.165, 1.54) is 0 Å². The first-order chi connectivity index (χ1) is 5.81. The summed E-state index contributed by atoms with van der Waals surface area (Å²) in [7, 11) is 0. The zero-order chi connectivity index (χ0) is 10.5. The lowest BCUT2D eigenvalue weighted by atomic mass is 10.2. The van der Waals surface area contributed by atoms with Crippen LogP contribution in [0.4, 0.5) is 0 Å². The van der Waals surface area contributed by atoms with Crippen LogP contribution in [-0.4, -0.2) is 22.4 Å². The Morgan fingerprint density at radius 3 is 2.31 bits per heavy atom. The summed E-state index contributed by atoms with van der Waals surface area (Å²) in [6.45, 7) is 7.43. The van der Waals surface area contributed by atoms with Crippen molar-refractivity contribution in [1.82, 2.24) is 0 Å². The Bertz CT molecular complexity index is 203. The van der Waals surface area contributed by atoms with Crippen molar-refractivity contribution >= 4 is 11.7 Å². The van der Waals surface area contributed by atoms with Gasteiger partial charge in [0.1, 0.15) is 5.60 Å². The van der Waals surface area contributed by atoms with E-state index in [2.05, 4.69) is 5.16 Å². The van der Waals surface area contributed by atoms with Gasteiger partial charge in [-0.3, -0.25) is 4.79 Å². The fourth-order valence-electron chi connectivity index (χ4n) is 0.548. The highest BCUT2D eigenvalue weighted by Gasteiger charge is 2.10. The van der Waals surface area contributed by atoms with Gasteiger partial charge in [0.25, 0.3) is 0 Å². The smallest absolute Gasteiger partial charge is 0.303 e. The molecule has 0 fully saturated rings. The van der Waals surface area contributed by atoms with E-state index in [4.69, 9.17) is 9.94 Å². The molecule has 0 saturated heterocycles. The van der Waals surface area contributed by atoms with Gasteiger partial charge >= 0.3 is 5.97 Å². The van der Waals surface area contributed by atoms with Crippen LogP contribution in [0.5, 0.6) is 0 Å². The zero-order valence-electron chi connectivity index (χ0n) is 8.63. The molecule has 0 spiro atoms. The normalized spacial score (nSPS) is 12.8. The van der Waals surface area contributed by atoms with Gasteiger partial charge in [0.2, 0.25) is 0 Å². The summed E-state index contributed by atoms with van der Waals surface area (Å²) < 4.78 is 0. The predicted molar refractivity (Wildman–Crippen MR) is 50.8 cm³/mol. The fraction of sp³-hybridized carbons (Fsp3) is 0.778. The number of carbonyl (C=O) groups is 1. The van der Waals surface area contributed by atoms with Gasteiger partial charge < -0.3 is 9.94 Å². The Labute approximate surface area is 78.6 Å². The largest absolute Gasteiger partial charge is 0.481 e. The topological polar surface area (TPSA) is 58.9 Å². The SMILES string of the molecule is CC(CCC(=O)O)=NOC(C)(C)C. The lowest BCUT2D eigenvalue weighted by molar-refractivity contribution is -0.136. The third-order valence-electron chi connectivity index (χ3n) is 1.18. The second-order valence-electron chi connectivity index (χ2n) is 3.92. The first-order valence-electron chi connectivity index (χ1n) is 4.25. The molecule has 0 bridgehead atoms. The maximum Gasteiger partial charge on any atom is 0.303 e. The van der Waals surface area contributed by atoms with Crippen LogP contribution in [-0.2, 0) is 9.63 Å². The second-order valence-corrected chi connectivity index (χ2v) is 3.92. The van der Waals surface area contributed by atoms with Gasteiger partial charge in [-0.2, -0.15) is 0 Å². The lowest BCUT2D eigenvalue weighted by Gasteiger charge is -2.15. The van der Waals surface area contributed by atoms with Crippen molar-refractivity contribution in [2.75, 3.05) is 0 Å². The Morgan fingerprint density at radius 2 is 1.92 bits per heavy atom. The summed E-state index contributed by atoms with van der Waals surface area (Å²) in [5, 5.41) is 12.2. The van der Waals surface area contributed by atoms with Gasteiger partial charge in [0.15, 0.2) is 0 Å². The van der Waals surface area contributed by atoms with E-state index in [1.54, 1.807) is 6.92 Å². The molecular formula is C9H17NO3. The fourth-order valence-corrected chi connectivity index (χ4v) is 0.548. The average Bonchev–Trinajstić information content (AvgIpc) is 1.95. The summed E-state index contributed by atoms with van der Waals surface area (Å²) in [4.78, 5) is 15.3. The molecule has 0 aromatic rings. The summed E-state index contributed by atoms with van der Waals surface area (Å²) in [6.07, 6.45) is 0.536. The second kappa shape index (κ2) is 4.84. The Morgan fingerprint density at radius 1 is 1.38 bits per heavy atom. The lowest BCUT2D eigenvalue weighted by Crippen LogP contribution is -2.16. The van der Waals surface area contributed by atoms with Crippen LogP contribution in [0.1, 0.15) is 40.5 Å². The molecule has 0 aliphatic rings. The van der Waals surface area contributed by atoms with E-state index >= 15 is 0 Å². The highest BCUT2D eigenvalue weighted by atomic mass is 16.6. The molecule has 0 aromatic carbocycles. The Kier molecular flexibility index (Phi) is 4.45. The summed E-state index contributed by atoms with van der Waals surface area (Å²) >= 11 is 0. The molecule has 0 aliphatic carbocycles. The molecule has 4 heteroatoms. The minimum Gasteiger partial charge on any atom is -0.481 e. The number of rotatable bonds is 4. The van der Waals surface area contributed by atoms with Crippen LogP contribution in [0.3, 0.4) is 0 Å². The minimum absolute atomic E-state index is 0.100. The summed E-state index contributed by atoms with van der Waals surface area (Å²) in [5.41, 5.74) is 0.391. The maximum atomic E-state index is 10.2. The van der Waals surface area contributed by atoms with Crippen LogP contribution in [0.2, 0.25) is 0 Å². The van der Waals surface area contributed by atoms with E-state index in [9.17, 15) is 4.79 Å². The first kappa shape index (κ1) is 11.9. The van der Waals surface area contributed by atoms with E-state index in [0.717, 1.165) is 0 Å². The van der Waals surface area contributed by atoms with E-state index in [1.807, 2.05) is 20.8 Å². The highest BCUT2D eigenvalue weighted by molar-refractivity contribution is 5.84. The number of nitrogens with zero attached hydrogens (tertiary/aromatic N) is 1. The van der Waals surface area contributed by atoms with Crippen LogP contribution in [0.25, 0.3) is 0 Å². The van der Waals surface area contributed by atoms with Crippen molar-refractivity contribution < 1.29 is 14.7 Å². The third-order valence-corrected chi connectivity index (χ3v) is 1.18. The number of hydrogen-bond acceptors (Lipinski definition) is 3. The van der Waals surface area contributed by atoms with E-state index in [0.29, 0.717) is 12.1 Å². The zero-order valence-corrected chi connectivity index (χ0v) is 8.63. The Hall–Kier alpha value is -1.06. The Balaban J connectivity index is 3.83. The summed E-state index contributed by atoms with van der Waals surface area (Å²) in [5.74, 6) is -0.815. The predicted octanol–water partition coefficient (Wildman–Crippen LogP) is 2.04. The molecule has 76 valence electrons. The third kappa shape index (κ3) is 8.85. The number of aliphatic carboxylic acids is 1. The number of hydrogen-bond donors (Lipinski definition) is 1. The van der Waals surface area contributed by atoms with Gasteiger partial charge in [-0.15, -0.1) is 0 Å². The van der Waals surface area contributed by atoms with Crippen LogP contribution < -0.4 is 0 Å². The van der Waals surface area contributed by atoms with Crippen LogP contribution >= 0.6 is 0 Å². The maximum absolute atomic E-state index is 10.2. The number of carboxylic acids is 1. The van der Waals surface area contributed by atoms with Crippen molar-refractivity contribution in [3.05, 3.63) is 0 Å². The van der Waals surface area contributed by atoms with Crippen molar-refractivity contribution in [3.8, 4) is 0 Å². The number of carboxylic acid groups (broad SMARTS) is 1. The molecule has 0 aromatic heterocycles. The van der Waals surface area contributed by atoms with Crippen LogP contribution in [0.15, 0.2) is 5.16 Å². The van der Waals surface area contributed by atoms with Gasteiger partial charge in [-0.1, -0.05) is 5.16 Å². The van der Waals surface area contributed by atoms with Crippen molar-refractivity contribution in [2.24, 2.45) is 5.16 Å². The molecule has 0 amide bonds. The molecule has 13 heavy (non-hydrogen) atoms. The van der Waals surface area contributed by atoms with E-state index in [-0.39, 0.29) is 12.0 Å². The van der Waals surface area contributed by atoms with Gasteiger partial charge in [-0.05, 0) is 34.1 Å². The van der Waals surface area contributed by atoms with Crippen molar-refractivity contribution in [1.29, 1.82) is 0 Å². The molecule has 0 saturated carbocycles. The molecule has 0 radical (unpaired) electrons. The average molecular weight is 187 g/mol. The monoisotopic (exact) mass is 187 g/mol. The summed E-state index contributed by atoms with van der Waals surface area (Å²) in [6, 6.07) is 0. The molecule has 0 rings (SSSR count). The quantitative estimate of drug-likeness (QED) is 0.541. The molecular weight excluding hydrogens is 170 g/mol. The molecule has 0 atom stereocenters. The molecule has 4 nitrogen and oxygen atoms in total. The molecule has 0 aliphatic heterocycles.